The minimum Gasteiger partial charge on any atom is -0.391 e. The molecule has 0 radical (unpaired) electrons. The maximum Gasteiger partial charge on any atom is 0.246 e. The van der Waals surface area contributed by atoms with Crippen LogP contribution in [0.1, 0.15) is 163 Å². The van der Waals surface area contributed by atoms with Crippen LogP contribution < -0.4 is 21.3 Å². The summed E-state index contributed by atoms with van der Waals surface area (Å²) in [6, 6.07) is -13.1. The molecule has 11 amide bonds. The first kappa shape index (κ1) is 79.8. The second kappa shape index (κ2) is 36.5. The lowest BCUT2D eigenvalue weighted by atomic mass is 9.91. The van der Waals surface area contributed by atoms with Crippen LogP contribution in [0.2, 0.25) is 0 Å². The van der Waals surface area contributed by atoms with Crippen LogP contribution in [0.4, 0.5) is 0 Å². The normalized spacial score (nSPS) is 26.8. The summed E-state index contributed by atoms with van der Waals surface area (Å²) < 4.78 is 0. The fraction of sp³-hybridized carbons (Fsp3) is 0.797. The molecule has 1 aliphatic rings. The number of likely N-dealkylation sites (N-methyl/N-ethyl adjacent to an activating group) is 7. The zero-order valence-electron chi connectivity index (χ0n) is 57.8. The molecule has 13 atom stereocenters. The van der Waals surface area contributed by atoms with Crippen molar-refractivity contribution < 1.29 is 63.0 Å². The number of nitrogens with one attached hydrogen (secondary N) is 4. The van der Waals surface area contributed by atoms with E-state index in [2.05, 4.69) is 21.3 Å². The quantitative estimate of drug-likeness (QED) is 0.114. The summed E-state index contributed by atoms with van der Waals surface area (Å²) in [7, 11) is 9.65. The zero-order valence-corrected chi connectivity index (χ0v) is 57.8. The second-order valence-electron chi connectivity index (χ2n) is 27.1. The number of hydrogen-bond donors (Lipinski definition) is 6. The predicted octanol–water partition coefficient (Wildman–Crippen LogP) is 3.02. The zero-order chi connectivity index (χ0) is 68.3. The summed E-state index contributed by atoms with van der Waals surface area (Å²) in [5.74, 6) is -10.1. The molecule has 88 heavy (non-hydrogen) atoms. The monoisotopic (exact) mass is 1250 g/mol. The second-order valence-corrected chi connectivity index (χ2v) is 27.1. The van der Waals surface area contributed by atoms with E-state index in [-0.39, 0.29) is 68.1 Å². The van der Waals surface area contributed by atoms with Crippen molar-refractivity contribution in [3.05, 3.63) is 12.2 Å². The van der Waals surface area contributed by atoms with Gasteiger partial charge >= 0.3 is 0 Å². The van der Waals surface area contributed by atoms with Crippen molar-refractivity contribution in [3.63, 3.8) is 0 Å². The van der Waals surface area contributed by atoms with Gasteiger partial charge in [0.05, 0.1) is 18.8 Å². The Labute approximate surface area is 526 Å². The Morgan fingerprint density at radius 2 is 0.852 bits per heavy atom. The van der Waals surface area contributed by atoms with E-state index in [0.717, 1.165) is 14.7 Å². The molecule has 1 heterocycles. The summed E-state index contributed by atoms with van der Waals surface area (Å²) in [6.45, 7) is 29.2. The molecule has 24 nitrogen and oxygen atoms in total. The van der Waals surface area contributed by atoms with Crippen LogP contribution in [-0.4, -0.2) is 238 Å². The molecule has 0 bridgehead atoms. The number of aliphatic hydroxyl groups is 2. The molecule has 0 aliphatic carbocycles. The largest absolute Gasteiger partial charge is 0.391 e. The predicted molar refractivity (Wildman–Crippen MR) is 339 cm³/mol. The average Bonchev–Trinajstić information content (AvgIpc) is 1.34. The van der Waals surface area contributed by atoms with Gasteiger partial charge in [-0.2, -0.15) is 0 Å². The topological polar surface area (TPSA) is 299 Å². The summed E-state index contributed by atoms with van der Waals surface area (Å²) in [5, 5.41) is 34.3. The number of allylic oxidation sites excluding steroid dienone is 2. The van der Waals surface area contributed by atoms with Crippen molar-refractivity contribution in [2.45, 2.75) is 235 Å². The first-order valence-electron chi connectivity index (χ1n) is 31.6. The molecule has 6 N–H and O–H groups in total. The first-order chi connectivity index (χ1) is 40.6. The molecule has 0 aromatic heterocycles. The standard InChI is InChI=1S/C64H115N11O13/c1-25-27-28-41(15)54(78)53-58(82)66-44(26-2)60(84)69(18)34-50(77)73(22)52(43(17)76)57(81)68-46(30-36(5)6)61(85)70(19)47(31-37(7)8)56(80)67-45(29-35(3)4)55(79)65-42(16)59(83)71(20)48(32-38(9)10)62(86)72(21)49(33-39(11)12)63(87)74(23)51(40(13)14)64(88)75(53)24/h25,27,35-49,51-54,76,78H,26,28-34H2,1-24H3,(H,65,79)(H,66,82)(H,67,80)(H,68,81)/b27-25+/t41-,42-,43-,44+,45+,46+,47+,48+,49-,51+,52+,53+,54-/m1/s1. The Morgan fingerprint density at radius 1 is 0.443 bits per heavy atom. The van der Waals surface area contributed by atoms with Gasteiger partial charge in [0, 0.05) is 49.3 Å². The van der Waals surface area contributed by atoms with Crippen molar-refractivity contribution in [3.8, 4) is 0 Å². The molecule has 1 rings (SSSR count). The lowest BCUT2D eigenvalue weighted by Crippen LogP contribution is -2.63. The molecule has 0 unspecified atom stereocenters. The van der Waals surface area contributed by atoms with Crippen molar-refractivity contribution in [2.24, 2.45) is 41.4 Å². The third-order valence-electron chi connectivity index (χ3n) is 16.4. The highest BCUT2D eigenvalue weighted by molar-refractivity contribution is 5.99. The third kappa shape index (κ3) is 22.7. The van der Waals surface area contributed by atoms with Crippen molar-refractivity contribution in [2.75, 3.05) is 55.9 Å². The number of nitrogens with zero attached hydrogens (tertiary/aromatic N) is 7. The smallest absolute Gasteiger partial charge is 0.246 e. The summed E-state index contributed by atoms with van der Waals surface area (Å²) in [6.07, 6.45) is 1.39. The number of carbonyl (C=O) groups is 11. The first-order valence-corrected chi connectivity index (χ1v) is 31.6. The highest BCUT2D eigenvalue weighted by Gasteiger charge is 2.46. The minimum atomic E-state index is -1.64. The Bertz CT molecular complexity index is 2400. The maximum absolute atomic E-state index is 15.2. The van der Waals surface area contributed by atoms with Gasteiger partial charge in [-0.1, -0.05) is 109 Å². The van der Waals surface area contributed by atoms with Gasteiger partial charge in [-0.3, -0.25) is 52.7 Å². The van der Waals surface area contributed by atoms with Crippen LogP contribution in [0.25, 0.3) is 0 Å². The molecule has 504 valence electrons. The number of rotatable bonds is 17. The average molecular weight is 1250 g/mol. The number of carbonyl (C=O) groups excluding carboxylic acids is 11. The van der Waals surface area contributed by atoms with Crippen molar-refractivity contribution in [1.29, 1.82) is 0 Å². The van der Waals surface area contributed by atoms with Gasteiger partial charge in [0.1, 0.15) is 60.4 Å². The maximum atomic E-state index is 15.2. The number of aliphatic hydroxyl groups excluding tert-OH is 2. The summed E-state index contributed by atoms with van der Waals surface area (Å²) >= 11 is 0. The Balaban J connectivity index is 4.41. The fourth-order valence-electron chi connectivity index (χ4n) is 11.3. The lowest BCUT2D eigenvalue weighted by Gasteiger charge is -2.41. The van der Waals surface area contributed by atoms with Crippen LogP contribution in [0.3, 0.4) is 0 Å². The molecular formula is C64H115N11O13. The van der Waals surface area contributed by atoms with E-state index in [9.17, 15) is 48.6 Å². The Morgan fingerprint density at radius 3 is 1.31 bits per heavy atom. The van der Waals surface area contributed by atoms with Crippen LogP contribution in [0.5, 0.6) is 0 Å². The molecule has 0 aromatic rings. The van der Waals surface area contributed by atoms with Crippen LogP contribution in [0.15, 0.2) is 12.2 Å². The Kier molecular flexibility index (Phi) is 33.1. The van der Waals surface area contributed by atoms with Gasteiger partial charge in [-0.05, 0) is 107 Å². The molecular weight excluding hydrogens is 1130 g/mol. The van der Waals surface area contributed by atoms with Crippen molar-refractivity contribution in [1.82, 2.24) is 55.6 Å². The van der Waals surface area contributed by atoms with Crippen LogP contribution in [-0.2, 0) is 52.7 Å². The molecule has 24 heteroatoms. The van der Waals surface area contributed by atoms with E-state index in [1.165, 1.54) is 82.8 Å². The SMILES string of the molecule is C/C=C/C[C@@H](C)[C@@H](O)[C@H]1C(=O)N[C@@H](CC)C(=O)N(C)CC(=O)N(C)[C@@H]([C@@H](C)O)C(=O)N[C@@H](CC(C)C)C(=O)N(C)[C@@H](CC(C)C)C(=O)N[C@@H](CC(C)C)C(=O)N[C@H](C)C(=O)N(C)[C@@H](CC(C)C)C(=O)N(C)[C@H](CC(C)C)C(=O)N(C)[C@@H](C(C)C)C(=O)N1C. The van der Waals surface area contributed by atoms with Crippen molar-refractivity contribution >= 4 is 65.0 Å². The van der Waals surface area contributed by atoms with E-state index in [0.29, 0.717) is 6.42 Å². The van der Waals surface area contributed by atoms with Gasteiger partial charge in [0.25, 0.3) is 0 Å². The molecule has 1 saturated heterocycles. The lowest BCUT2D eigenvalue weighted by molar-refractivity contribution is -0.157. The number of hydrogen-bond acceptors (Lipinski definition) is 13. The molecule has 0 saturated carbocycles. The molecule has 1 fully saturated rings. The molecule has 0 aromatic carbocycles. The van der Waals surface area contributed by atoms with E-state index < -0.39 is 156 Å². The molecule has 0 spiro atoms. The van der Waals surface area contributed by atoms with Gasteiger partial charge in [0.15, 0.2) is 0 Å². The van der Waals surface area contributed by atoms with Gasteiger partial charge in [-0.25, -0.2) is 0 Å². The van der Waals surface area contributed by atoms with E-state index in [1.807, 2.05) is 69.2 Å². The van der Waals surface area contributed by atoms with Gasteiger partial charge in [-0.15, -0.1) is 0 Å². The van der Waals surface area contributed by atoms with Crippen LogP contribution >= 0.6 is 0 Å². The third-order valence-corrected chi connectivity index (χ3v) is 16.4. The summed E-state index contributed by atoms with van der Waals surface area (Å²) in [4.78, 5) is 169. The van der Waals surface area contributed by atoms with Gasteiger partial charge < -0.3 is 65.8 Å². The van der Waals surface area contributed by atoms with E-state index >= 15 is 14.4 Å². The Hall–Kier alpha value is -6.17. The fourth-order valence-corrected chi connectivity index (χ4v) is 11.3. The molecule has 1 aliphatic heterocycles. The van der Waals surface area contributed by atoms with E-state index in [4.69, 9.17) is 0 Å². The van der Waals surface area contributed by atoms with Crippen LogP contribution in [0, 0.1) is 41.4 Å². The highest BCUT2D eigenvalue weighted by atomic mass is 16.3. The highest BCUT2D eigenvalue weighted by Crippen LogP contribution is 2.26. The minimum absolute atomic E-state index is 0.0183. The van der Waals surface area contributed by atoms with Gasteiger partial charge in [0.2, 0.25) is 65.0 Å². The summed E-state index contributed by atoms with van der Waals surface area (Å²) in [5.41, 5.74) is 0. The van der Waals surface area contributed by atoms with E-state index in [1.54, 1.807) is 46.8 Å². The number of amides is 11.